The van der Waals surface area contributed by atoms with Gasteiger partial charge in [-0.1, -0.05) is 18.6 Å². The van der Waals surface area contributed by atoms with Crippen molar-refractivity contribution in [1.82, 2.24) is 9.80 Å². The number of halogens is 1. The van der Waals surface area contributed by atoms with Crippen LogP contribution in [0.4, 0.5) is 4.39 Å². The molecule has 1 aromatic carbocycles. The number of carbonyl (C=O) groups excluding carboxylic acids is 1. The first-order chi connectivity index (χ1) is 12.9. The van der Waals surface area contributed by atoms with Gasteiger partial charge in [-0.3, -0.25) is 14.5 Å². The van der Waals surface area contributed by atoms with Crippen LogP contribution in [0, 0.1) is 11.2 Å². The van der Waals surface area contributed by atoms with Gasteiger partial charge in [-0.05, 0) is 44.0 Å². The van der Waals surface area contributed by atoms with Crippen molar-refractivity contribution in [3.05, 3.63) is 35.6 Å². The van der Waals surface area contributed by atoms with Crippen LogP contribution in [0.5, 0.6) is 0 Å². The van der Waals surface area contributed by atoms with Crippen LogP contribution in [0.1, 0.15) is 24.8 Å². The lowest BCUT2D eigenvalue weighted by atomic mass is 9.64. The third kappa shape index (κ3) is 4.84. The number of morpholine rings is 1. The molecule has 1 saturated carbocycles. The Bertz CT molecular complexity index is 692. The van der Waals surface area contributed by atoms with Crippen LogP contribution in [0.2, 0.25) is 0 Å². The van der Waals surface area contributed by atoms with Crippen molar-refractivity contribution in [2.45, 2.75) is 31.8 Å². The standard InChI is InChI=1S/C20H27FN2O4/c1-22(14-18(24)25)12-17-13-23(8-9-27-17)19(26)20(6-3-7-20)11-15-4-2-5-16(21)10-15/h2,4-5,10,17H,3,6-9,11-14H2,1H3,(H,24,25). The largest absolute Gasteiger partial charge is 0.480 e. The van der Waals surface area contributed by atoms with Gasteiger partial charge in [0, 0.05) is 19.6 Å². The Morgan fingerprint density at radius 2 is 2.19 bits per heavy atom. The fraction of sp³-hybridized carbons (Fsp3) is 0.600. The van der Waals surface area contributed by atoms with E-state index in [9.17, 15) is 14.0 Å². The summed E-state index contributed by atoms with van der Waals surface area (Å²) in [5.41, 5.74) is 0.414. The van der Waals surface area contributed by atoms with E-state index in [0.29, 0.717) is 32.7 Å². The van der Waals surface area contributed by atoms with Crippen LogP contribution in [-0.4, -0.2) is 72.7 Å². The second kappa shape index (κ2) is 8.35. The first-order valence-electron chi connectivity index (χ1n) is 9.44. The number of hydrogen-bond donors (Lipinski definition) is 1. The van der Waals surface area contributed by atoms with Gasteiger partial charge in [-0.15, -0.1) is 0 Å². The molecule has 3 rings (SSSR count). The molecule has 1 saturated heterocycles. The van der Waals surface area contributed by atoms with Gasteiger partial charge in [-0.2, -0.15) is 0 Å². The molecule has 6 nitrogen and oxygen atoms in total. The first-order valence-corrected chi connectivity index (χ1v) is 9.44. The van der Waals surface area contributed by atoms with Crippen LogP contribution in [-0.2, 0) is 20.7 Å². The maximum Gasteiger partial charge on any atom is 0.317 e. The van der Waals surface area contributed by atoms with Crippen LogP contribution in [0.25, 0.3) is 0 Å². The van der Waals surface area contributed by atoms with Gasteiger partial charge >= 0.3 is 5.97 Å². The Kier molecular flexibility index (Phi) is 6.11. The average Bonchev–Trinajstić information content (AvgIpc) is 2.57. The summed E-state index contributed by atoms with van der Waals surface area (Å²) in [6, 6.07) is 6.49. The predicted molar refractivity (Wildman–Crippen MR) is 97.8 cm³/mol. The zero-order valence-corrected chi connectivity index (χ0v) is 15.7. The van der Waals surface area contributed by atoms with Crippen molar-refractivity contribution in [2.24, 2.45) is 5.41 Å². The normalized spacial score (nSPS) is 21.7. The van der Waals surface area contributed by atoms with Gasteiger partial charge in [0.1, 0.15) is 5.82 Å². The van der Waals surface area contributed by atoms with Crippen LogP contribution in [0.15, 0.2) is 24.3 Å². The lowest BCUT2D eigenvalue weighted by Gasteiger charge is -2.46. The highest BCUT2D eigenvalue weighted by Crippen LogP contribution is 2.45. The molecule has 27 heavy (non-hydrogen) atoms. The molecule has 2 fully saturated rings. The number of ether oxygens (including phenoxy) is 1. The quantitative estimate of drug-likeness (QED) is 0.783. The summed E-state index contributed by atoms with van der Waals surface area (Å²) in [5, 5.41) is 8.89. The highest BCUT2D eigenvalue weighted by Gasteiger charge is 2.47. The van der Waals surface area contributed by atoms with Gasteiger partial charge < -0.3 is 14.7 Å². The van der Waals surface area contributed by atoms with Crippen molar-refractivity contribution in [2.75, 3.05) is 39.8 Å². The summed E-state index contributed by atoms with van der Waals surface area (Å²) >= 11 is 0. The number of rotatable bonds is 7. The second-order valence-corrected chi connectivity index (χ2v) is 7.78. The maximum atomic E-state index is 13.5. The zero-order chi connectivity index (χ0) is 19.4. The van der Waals surface area contributed by atoms with Crippen LogP contribution in [0.3, 0.4) is 0 Å². The Morgan fingerprint density at radius 3 is 2.81 bits per heavy atom. The monoisotopic (exact) mass is 378 g/mol. The number of benzene rings is 1. The summed E-state index contributed by atoms with van der Waals surface area (Å²) in [4.78, 5) is 27.6. The molecule has 0 radical (unpaired) electrons. The van der Waals surface area contributed by atoms with E-state index >= 15 is 0 Å². The van der Waals surface area contributed by atoms with E-state index in [1.165, 1.54) is 12.1 Å². The SMILES string of the molecule is CN(CC(=O)O)CC1CN(C(=O)C2(Cc3cccc(F)c3)CCC2)CCO1. The van der Waals surface area contributed by atoms with Gasteiger partial charge in [0.25, 0.3) is 0 Å². The summed E-state index contributed by atoms with van der Waals surface area (Å²) in [7, 11) is 1.73. The van der Waals surface area contributed by atoms with E-state index in [4.69, 9.17) is 9.84 Å². The number of nitrogens with zero attached hydrogens (tertiary/aromatic N) is 2. The number of likely N-dealkylation sites (N-methyl/N-ethyl adjacent to an activating group) is 1. The molecule has 0 spiro atoms. The molecule has 148 valence electrons. The molecule has 1 aliphatic carbocycles. The highest BCUT2D eigenvalue weighted by molar-refractivity contribution is 5.84. The molecule has 1 amide bonds. The minimum Gasteiger partial charge on any atom is -0.480 e. The number of hydrogen-bond acceptors (Lipinski definition) is 4. The van der Waals surface area contributed by atoms with E-state index in [1.54, 1.807) is 18.0 Å². The van der Waals surface area contributed by atoms with Crippen molar-refractivity contribution in [3.63, 3.8) is 0 Å². The topological polar surface area (TPSA) is 70.1 Å². The third-order valence-corrected chi connectivity index (χ3v) is 5.54. The molecule has 1 aliphatic heterocycles. The lowest BCUT2D eigenvalue weighted by molar-refractivity contribution is -0.156. The van der Waals surface area contributed by atoms with E-state index in [-0.39, 0.29) is 24.4 Å². The molecule has 1 unspecified atom stereocenters. The van der Waals surface area contributed by atoms with Gasteiger partial charge in [-0.25, -0.2) is 4.39 Å². The first kappa shape index (κ1) is 19.8. The molecule has 7 heteroatoms. The molecular formula is C20H27FN2O4. The lowest BCUT2D eigenvalue weighted by Crippen LogP contribution is -2.56. The predicted octanol–water partition coefficient (Wildman–Crippen LogP) is 1.78. The van der Waals surface area contributed by atoms with Crippen molar-refractivity contribution in [3.8, 4) is 0 Å². The van der Waals surface area contributed by atoms with Crippen LogP contribution < -0.4 is 0 Å². The highest BCUT2D eigenvalue weighted by atomic mass is 19.1. The van der Waals surface area contributed by atoms with E-state index in [1.807, 2.05) is 11.0 Å². The van der Waals surface area contributed by atoms with Gasteiger partial charge in [0.05, 0.1) is 24.7 Å². The molecular weight excluding hydrogens is 351 g/mol. The molecule has 2 aliphatic rings. The molecule has 0 bridgehead atoms. The summed E-state index contributed by atoms with van der Waals surface area (Å²) in [6.07, 6.45) is 3.02. The Hall–Kier alpha value is -1.99. The third-order valence-electron chi connectivity index (χ3n) is 5.54. The number of aliphatic carboxylic acids is 1. The smallest absolute Gasteiger partial charge is 0.317 e. The number of carbonyl (C=O) groups is 2. The Labute approximate surface area is 158 Å². The summed E-state index contributed by atoms with van der Waals surface area (Å²) < 4.78 is 19.3. The van der Waals surface area contributed by atoms with E-state index in [0.717, 1.165) is 24.8 Å². The molecule has 1 N–H and O–H groups in total. The van der Waals surface area contributed by atoms with E-state index in [2.05, 4.69) is 0 Å². The van der Waals surface area contributed by atoms with Gasteiger partial charge in [0.2, 0.25) is 5.91 Å². The maximum absolute atomic E-state index is 13.5. The minimum absolute atomic E-state index is 0.0582. The fourth-order valence-electron chi connectivity index (χ4n) is 4.10. The number of carboxylic acid groups (broad SMARTS) is 1. The number of amides is 1. The van der Waals surface area contributed by atoms with Crippen molar-refractivity contribution >= 4 is 11.9 Å². The Morgan fingerprint density at radius 1 is 1.41 bits per heavy atom. The van der Waals surface area contributed by atoms with Gasteiger partial charge in [0.15, 0.2) is 0 Å². The second-order valence-electron chi connectivity index (χ2n) is 7.78. The Balaban J connectivity index is 1.63. The molecule has 1 atom stereocenters. The van der Waals surface area contributed by atoms with Crippen LogP contribution >= 0.6 is 0 Å². The molecule has 1 aromatic rings. The fourth-order valence-corrected chi connectivity index (χ4v) is 4.10. The summed E-state index contributed by atoms with van der Waals surface area (Å²) in [5.74, 6) is -1.04. The number of carboxylic acids is 1. The average molecular weight is 378 g/mol. The molecule has 0 aromatic heterocycles. The minimum atomic E-state index is -0.884. The van der Waals surface area contributed by atoms with E-state index < -0.39 is 11.4 Å². The summed E-state index contributed by atoms with van der Waals surface area (Å²) in [6.45, 7) is 1.87. The van der Waals surface area contributed by atoms with Crippen molar-refractivity contribution < 1.29 is 23.8 Å². The van der Waals surface area contributed by atoms with Crippen molar-refractivity contribution in [1.29, 1.82) is 0 Å². The molecule has 1 heterocycles. The zero-order valence-electron chi connectivity index (χ0n) is 15.7.